The lowest BCUT2D eigenvalue weighted by Gasteiger charge is -2.46. The number of anilines is 2. The van der Waals surface area contributed by atoms with Gasteiger partial charge >= 0.3 is 0 Å². The number of nitrogens with two attached hydrogens (primary N) is 1. The number of nitrogens with zero attached hydrogens (tertiary/aromatic N) is 4. The molecule has 4 aromatic rings. The van der Waals surface area contributed by atoms with Crippen molar-refractivity contribution >= 4 is 23.0 Å². The molecule has 6 aliphatic rings. The largest absolute Gasteiger partial charge is 0.352 e. The SMILES string of the molecule is CC1(C2N=C(c3ccccc3)NC(c3cccc(N4C5(C)CC6=C(C=C5C5C=CC=CC54C)N(c4ccccc4)C(c4ccccc4)[NH2+]6)c3)=N2)C=CC=CC1. The predicted molar refractivity (Wildman–Crippen MR) is 225 cm³/mol. The number of amidine groups is 2. The van der Waals surface area contributed by atoms with Gasteiger partial charge in [0.25, 0.3) is 0 Å². The Balaban J connectivity index is 1.06. The second-order valence-corrected chi connectivity index (χ2v) is 16.3. The van der Waals surface area contributed by atoms with Crippen LogP contribution >= 0.6 is 0 Å². The number of hydrogen-bond donors (Lipinski definition) is 2. The third-order valence-electron chi connectivity index (χ3n) is 12.7. The van der Waals surface area contributed by atoms with Gasteiger partial charge in [0.05, 0.1) is 17.5 Å². The van der Waals surface area contributed by atoms with Crippen LogP contribution < -0.4 is 20.4 Å². The number of aliphatic imine (C=N–C) groups is 2. The molecule has 0 amide bonds. The third-order valence-corrected chi connectivity index (χ3v) is 12.7. The van der Waals surface area contributed by atoms with Crippen LogP contribution in [0.5, 0.6) is 0 Å². The topological polar surface area (TPSA) is 59.8 Å². The summed E-state index contributed by atoms with van der Waals surface area (Å²) in [7, 11) is 0. The van der Waals surface area contributed by atoms with E-state index in [1.165, 1.54) is 33.9 Å². The van der Waals surface area contributed by atoms with Gasteiger partial charge < -0.3 is 10.2 Å². The van der Waals surface area contributed by atoms with E-state index in [0.717, 1.165) is 35.6 Å². The fraction of sp³-hybridized carbons (Fsp3) is 0.224. The molecule has 3 N–H and O–H groups in total. The highest BCUT2D eigenvalue weighted by molar-refractivity contribution is 6.16. The molecular weight excluding hydrogens is 673 g/mol. The second-order valence-electron chi connectivity index (χ2n) is 16.3. The zero-order chi connectivity index (χ0) is 37.2. The first kappa shape index (κ1) is 33.6. The Morgan fingerprint density at radius 1 is 0.709 bits per heavy atom. The molecule has 6 nitrogen and oxygen atoms in total. The summed E-state index contributed by atoms with van der Waals surface area (Å²) in [4.78, 5) is 15.9. The quantitative estimate of drug-likeness (QED) is 0.210. The van der Waals surface area contributed by atoms with Gasteiger partial charge in [-0.15, -0.1) is 0 Å². The Hall–Kier alpha value is -5.98. The van der Waals surface area contributed by atoms with Crippen LogP contribution in [0.1, 0.15) is 56.5 Å². The molecule has 0 spiro atoms. The van der Waals surface area contributed by atoms with Crippen LogP contribution in [-0.2, 0) is 0 Å². The van der Waals surface area contributed by atoms with Crippen molar-refractivity contribution in [1.29, 1.82) is 0 Å². The van der Waals surface area contributed by atoms with E-state index in [4.69, 9.17) is 9.98 Å². The van der Waals surface area contributed by atoms with Crippen molar-refractivity contribution in [3.05, 3.63) is 204 Å². The molecule has 0 saturated carbocycles. The fourth-order valence-corrected chi connectivity index (χ4v) is 9.97. The zero-order valence-electron chi connectivity index (χ0n) is 31.7. The molecule has 0 bridgehead atoms. The molecule has 3 heterocycles. The van der Waals surface area contributed by atoms with Crippen LogP contribution in [0, 0.1) is 11.3 Å². The van der Waals surface area contributed by atoms with Gasteiger partial charge in [-0.1, -0.05) is 147 Å². The van der Waals surface area contributed by atoms with Crippen molar-refractivity contribution in [2.45, 2.75) is 57.0 Å². The summed E-state index contributed by atoms with van der Waals surface area (Å²) in [5.74, 6) is 1.93. The van der Waals surface area contributed by atoms with Gasteiger partial charge in [0.15, 0.2) is 12.3 Å². The highest BCUT2D eigenvalue weighted by atomic mass is 15.4. The van der Waals surface area contributed by atoms with Gasteiger partial charge in [0, 0.05) is 39.4 Å². The molecular formula is C49H47N6+. The lowest BCUT2D eigenvalue weighted by atomic mass is 9.75. The van der Waals surface area contributed by atoms with Crippen molar-refractivity contribution in [2.75, 3.05) is 9.80 Å². The molecule has 6 atom stereocenters. The van der Waals surface area contributed by atoms with E-state index in [0.29, 0.717) is 0 Å². The normalized spacial score (nSPS) is 30.3. The monoisotopic (exact) mass is 719 g/mol. The number of allylic oxidation sites excluding steroid dienone is 6. The summed E-state index contributed by atoms with van der Waals surface area (Å²) < 4.78 is 0. The molecule has 0 radical (unpaired) electrons. The highest BCUT2D eigenvalue weighted by Crippen LogP contribution is 2.58. The van der Waals surface area contributed by atoms with Gasteiger partial charge in [0.2, 0.25) is 0 Å². The van der Waals surface area contributed by atoms with Crippen molar-refractivity contribution in [3.63, 3.8) is 0 Å². The number of benzene rings is 4. The molecule has 6 unspecified atom stereocenters. The maximum atomic E-state index is 5.37. The zero-order valence-corrected chi connectivity index (χ0v) is 31.7. The van der Waals surface area contributed by atoms with Crippen molar-refractivity contribution in [3.8, 4) is 0 Å². The standard InChI is InChI=1S/C49H46N6/c1-47(28-15-7-16-29-47)46-52-43(34-19-8-4-9-20-34)51-44(53-46)36-23-18-26-38(31-36)55-48(2)30-17-14-27-39(48)40-32-42-41(33-49(40,55)3)50-45(35-21-10-5-11-22-35)54(42)37-24-12-6-13-25-37/h4-28,30-32,39,45-46,50H,29,33H2,1-3H3,(H,51,52,53)/p+1. The molecule has 1 saturated heterocycles. The Morgan fingerprint density at radius 3 is 2.13 bits per heavy atom. The van der Waals surface area contributed by atoms with Gasteiger partial charge in [-0.25, -0.2) is 9.98 Å². The Labute approximate surface area is 324 Å². The smallest absolute Gasteiger partial charge is 0.197 e. The van der Waals surface area contributed by atoms with E-state index in [2.05, 4.69) is 211 Å². The molecule has 55 heavy (non-hydrogen) atoms. The fourth-order valence-electron chi connectivity index (χ4n) is 9.97. The number of rotatable bonds is 6. The molecule has 10 rings (SSSR count). The van der Waals surface area contributed by atoms with Gasteiger partial charge in [0.1, 0.15) is 23.1 Å². The van der Waals surface area contributed by atoms with Crippen LogP contribution in [0.25, 0.3) is 0 Å². The summed E-state index contributed by atoms with van der Waals surface area (Å²) in [6.45, 7) is 7.15. The molecule has 1 fully saturated rings. The Kier molecular flexibility index (Phi) is 7.82. The van der Waals surface area contributed by atoms with E-state index >= 15 is 0 Å². The van der Waals surface area contributed by atoms with E-state index in [1.807, 2.05) is 0 Å². The predicted octanol–water partition coefficient (Wildman–Crippen LogP) is 8.74. The first-order valence-electron chi connectivity index (χ1n) is 19.6. The molecule has 6 heteroatoms. The minimum Gasteiger partial charge on any atom is -0.352 e. The van der Waals surface area contributed by atoms with E-state index < -0.39 is 0 Å². The maximum absolute atomic E-state index is 5.37. The summed E-state index contributed by atoms with van der Waals surface area (Å²) in [5, 5.41) is 6.19. The first-order valence-corrected chi connectivity index (χ1v) is 19.6. The lowest BCUT2D eigenvalue weighted by Crippen LogP contribution is -2.83. The minimum absolute atomic E-state index is 0.123. The molecule has 4 aromatic carbocycles. The number of hydrogen-bond acceptors (Lipinski definition) is 5. The summed E-state index contributed by atoms with van der Waals surface area (Å²) >= 11 is 0. The van der Waals surface area contributed by atoms with Crippen molar-refractivity contribution < 1.29 is 5.32 Å². The van der Waals surface area contributed by atoms with Gasteiger partial charge in [-0.3, -0.25) is 10.2 Å². The van der Waals surface area contributed by atoms with E-state index in [-0.39, 0.29) is 34.7 Å². The maximum Gasteiger partial charge on any atom is 0.197 e. The van der Waals surface area contributed by atoms with Crippen molar-refractivity contribution in [2.24, 2.45) is 21.3 Å². The van der Waals surface area contributed by atoms with Crippen LogP contribution in [0.2, 0.25) is 0 Å². The first-order chi connectivity index (χ1) is 26.8. The summed E-state index contributed by atoms with van der Waals surface area (Å²) in [6.07, 6.45) is 22.3. The van der Waals surface area contributed by atoms with Gasteiger partial charge in [-0.2, -0.15) is 0 Å². The lowest BCUT2D eigenvalue weighted by molar-refractivity contribution is -0.642. The van der Waals surface area contributed by atoms with E-state index in [9.17, 15) is 0 Å². The highest BCUT2D eigenvalue weighted by Gasteiger charge is 2.61. The summed E-state index contributed by atoms with van der Waals surface area (Å²) in [5.41, 5.74) is 9.23. The number of quaternary nitrogens is 1. The second kappa shape index (κ2) is 12.8. The van der Waals surface area contributed by atoms with E-state index in [1.54, 1.807) is 0 Å². The van der Waals surface area contributed by atoms with Crippen LogP contribution in [0.15, 0.2) is 197 Å². The van der Waals surface area contributed by atoms with Crippen LogP contribution in [-0.4, -0.2) is 28.9 Å². The Bertz CT molecular complexity index is 2400. The summed E-state index contributed by atoms with van der Waals surface area (Å²) in [6, 6.07) is 41.3. The van der Waals surface area contributed by atoms with Crippen LogP contribution in [0.4, 0.5) is 11.4 Å². The number of fused-ring (bicyclic) bond motifs is 3. The number of para-hydroxylation sites is 1. The molecule has 272 valence electrons. The Morgan fingerprint density at radius 2 is 1.38 bits per heavy atom. The molecule has 3 aliphatic carbocycles. The minimum atomic E-state index is -0.270. The molecule has 0 aromatic heterocycles. The number of nitrogens with one attached hydrogen (secondary N) is 1. The van der Waals surface area contributed by atoms with Crippen molar-refractivity contribution in [1.82, 2.24) is 5.32 Å². The van der Waals surface area contributed by atoms with Gasteiger partial charge in [-0.05, 0) is 56.2 Å². The third kappa shape index (κ3) is 5.42. The van der Waals surface area contributed by atoms with Crippen LogP contribution in [0.3, 0.4) is 0 Å². The average molecular weight is 720 g/mol. The average Bonchev–Trinajstić information content (AvgIpc) is 3.69. The molecule has 3 aliphatic heterocycles.